The van der Waals surface area contributed by atoms with Crippen molar-refractivity contribution in [2.75, 3.05) is 46.4 Å². The monoisotopic (exact) mass is 495 g/mol. The molecular weight excluding hydrogens is 458 g/mol. The predicted octanol–water partition coefficient (Wildman–Crippen LogP) is 1.91. The van der Waals surface area contributed by atoms with Gasteiger partial charge in [-0.15, -0.1) is 0 Å². The fraction of sp³-hybridized carbons (Fsp3) is 0.625. The Balaban J connectivity index is 1.82. The van der Waals surface area contributed by atoms with Gasteiger partial charge in [-0.1, -0.05) is 26.0 Å². The molecule has 1 aromatic carbocycles. The van der Waals surface area contributed by atoms with Crippen molar-refractivity contribution >= 4 is 27.8 Å². The van der Waals surface area contributed by atoms with Gasteiger partial charge in [-0.05, 0) is 43.9 Å². The quantitative estimate of drug-likeness (QED) is 0.435. The van der Waals surface area contributed by atoms with E-state index in [0.717, 1.165) is 5.56 Å². The second kappa shape index (κ2) is 12.9. The fourth-order valence-electron chi connectivity index (χ4n) is 4.00. The van der Waals surface area contributed by atoms with Gasteiger partial charge in [0.15, 0.2) is 0 Å². The molecule has 0 unspecified atom stereocenters. The molecule has 1 heterocycles. The number of ether oxygens (including phenoxy) is 1. The van der Waals surface area contributed by atoms with Crippen LogP contribution >= 0.6 is 0 Å². The van der Waals surface area contributed by atoms with E-state index in [4.69, 9.17) is 4.74 Å². The topological polar surface area (TPSA) is 104 Å². The summed E-state index contributed by atoms with van der Waals surface area (Å²) in [5.74, 6) is -0.670. The van der Waals surface area contributed by atoms with Crippen LogP contribution in [0.5, 0.6) is 0 Å². The highest BCUT2D eigenvalue weighted by Gasteiger charge is 2.29. The number of nitrogens with zero attached hydrogens (tertiary/aromatic N) is 3. The molecule has 9 nitrogen and oxygen atoms in total. The lowest BCUT2D eigenvalue weighted by Gasteiger charge is -2.32. The maximum atomic E-state index is 12.6. The zero-order chi connectivity index (χ0) is 25.3. The van der Waals surface area contributed by atoms with Crippen molar-refractivity contribution in [3.8, 4) is 0 Å². The van der Waals surface area contributed by atoms with Gasteiger partial charge in [0.2, 0.25) is 21.8 Å². The van der Waals surface area contributed by atoms with Crippen LogP contribution in [-0.4, -0.2) is 86.7 Å². The molecule has 0 saturated carbocycles. The number of amides is 2. The molecule has 0 atom stereocenters. The zero-order valence-electron chi connectivity index (χ0n) is 20.7. The minimum Gasteiger partial charge on any atom is -0.466 e. The van der Waals surface area contributed by atoms with Crippen LogP contribution in [0.2, 0.25) is 0 Å². The van der Waals surface area contributed by atoms with E-state index in [9.17, 15) is 22.8 Å². The number of sulfonamides is 1. The molecule has 0 radical (unpaired) electrons. The van der Waals surface area contributed by atoms with Crippen molar-refractivity contribution in [2.24, 2.45) is 5.92 Å². The molecule has 1 fully saturated rings. The third-order valence-corrected chi connectivity index (χ3v) is 8.22. The highest BCUT2D eigenvalue weighted by atomic mass is 32.2. The number of rotatable bonds is 11. The van der Waals surface area contributed by atoms with Crippen LogP contribution in [0.3, 0.4) is 0 Å². The number of hydrogen-bond acceptors (Lipinski definition) is 6. The molecule has 1 aromatic rings. The van der Waals surface area contributed by atoms with E-state index in [-0.39, 0.29) is 41.6 Å². The number of hydrogen-bond donors (Lipinski definition) is 0. The maximum absolute atomic E-state index is 12.6. The second-order valence-corrected chi connectivity index (χ2v) is 10.3. The summed E-state index contributed by atoms with van der Waals surface area (Å²) in [7, 11) is -1.91. The van der Waals surface area contributed by atoms with Crippen LogP contribution in [0.25, 0.3) is 0 Å². The van der Waals surface area contributed by atoms with Gasteiger partial charge < -0.3 is 14.5 Å². The molecule has 0 bridgehead atoms. The van der Waals surface area contributed by atoms with Crippen LogP contribution < -0.4 is 0 Å². The molecule has 1 aliphatic rings. The van der Waals surface area contributed by atoms with E-state index in [1.807, 2.05) is 0 Å². The lowest BCUT2D eigenvalue weighted by molar-refractivity contribution is -0.151. The third kappa shape index (κ3) is 7.27. The molecular formula is C24H37N3O6S. The Morgan fingerprint density at radius 2 is 1.62 bits per heavy atom. The van der Waals surface area contributed by atoms with E-state index < -0.39 is 10.0 Å². The minimum atomic E-state index is -3.51. The first kappa shape index (κ1) is 27.8. The summed E-state index contributed by atoms with van der Waals surface area (Å²) in [6, 6.07) is 6.59. The highest BCUT2D eigenvalue weighted by molar-refractivity contribution is 7.89. The summed E-state index contributed by atoms with van der Waals surface area (Å²) in [5.41, 5.74) is 0.854. The molecule has 2 rings (SSSR count). The van der Waals surface area contributed by atoms with Gasteiger partial charge in [0.1, 0.15) is 0 Å². The summed E-state index contributed by atoms with van der Waals surface area (Å²) in [6.07, 6.45) is 1.81. The SMILES string of the molecule is CCOC(=O)C1CCN(C(=O)CN(C)C(=O)CCc2ccc(S(=O)(=O)N(CC)CC)cc2)CC1. The Labute approximate surface area is 203 Å². The van der Waals surface area contributed by atoms with E-state index >= 15 is 0 Å². The summed E-state index contributed by atoms with van der Waals surface area (Å²) >= 11 is 0. The van der Waals surface area contributed by atoms with Gasteiger partial charge in [0.05, 0.1) is 24.0 Å². The van der Waals surface area contributed by atoms with Gasteiger partial charge >= 0.3 is 5.97 Å². The van der Waals surface area contributed by atoms with Gasteiger partial charge in [-0.2, -0.15) is 4.31 Å². The van der Waals surface area contributed by atoms with Crippen molar-refractivity contribution in [1.29, 1.82) is 0 Å². The van der Waals surface area contributed by atoms with Crippen LogP contribution in [0.15, 0.2) is 29.2 Å². The number of likely N-dealkylation sites (N-methyl/N-ethyl adjacent to an activating group) is 1. The molecule has 0 N–H and O–H groups in total. The summed E-state index contributed by atoms with van der Waals surface area (Å²) in [5, 5.41) is 0. The van der Waals surface area contributed by atoms with E-state index in [0.29, 0.717) is 52.0 Å². The first-order valence-electron chi connectivity index (χ1n) is 11.9. The van der Waals surface area contributed by atoms with Gasteiger partial charge in [-0.3, -0.25) is 14.4 Å². The summed E-state index contributed by atoms with van der Waals surface area (Å²) < 4.78 is 31.6. The molecule has 1 saturated heterocycles. The number of piperidine rings is 1. The van der Waals surface area contributed by atoms with E-state index in [1.54, 1.807) is 57.0 Å². The Kier molecular flexibility index (Phi) is 10.5. The maximum Gasteiger partial charge on any atom is 0.309 e. The second-order valence-electron chi connectivity index (χ2n) is 8.39. The van der Waals surface area contributed by atoms with Crippen molar-refractivity contribution in [3.63, 3.8) is 0 Å². The number of esters is 1. The van der Waals surface area contributed by atoms with Crippen molar-refractivity contribution in [2.45, 2.75) is 51.3 Å². The zero-order valence-corrected chi connectivity index (χ0v) is 21.5. The summed E-state index contributed by atoms with van der Waals surface area (Å²) in [6.45, 7) is 7.49. The normalized spacial score (nSPS) is 14.8. The lowest BCUT2D eigenvalue weighted by Crippen LogP contribution is -2.45. The smallest absolute Gasteiger partial charge is 0.309 e. The summed E-state index contributed by atoms with van der Waals surface area (Å²) in [4.78, 5) is 40.3. The molecule has 2 amide bonds. The standard InChI is InChI=1S/C24H37N3O6S/c1-5-27(6-2)34(31,32)21-11-8-19(9-12-21)10-13-22(28)25(4)18-23(29)26-16-14-20(15-17-26)24(30)33-7-3/h8-9,11-12,20H,5-7,10,13-18H2,1-4H3. The van der Waals surface area contributed by atoms with Crippen molar-refractivity contribution in [1.82, 2.24) is 14.1 Å². The molecule has 34 heavy (non-hydrogen) atoms. The molecule has 0 spiro atoms. The molecule has 10 heteroatoms. The average molecular weight is 496 g/mol. The van der Waals surface area contributed by atoms with Gasteiger partial charge in [0.25, 0.3) is 0 Å². The molecule has 0 aromatic heterocycles. The van der Waals surface area contributed by atoms with Crippen molar-refractivity contribution < 1.29 is 27.5 Å². The number of carbonyl (C=O) groups excluding carboxylic acids is 3. The van der Waals surface area contributed by atoms with Gasteiger partial charge in [-0.25, -0.2) is 8.42 Å². The fourth-order valence-corrected chi connectivity index (χ4v) is 5.46. The van der Waals surface area contributed by atoms with E-state index in [2.05, 4.69) is 0 Å². The molecule has 190 valence electrons. The van der Waals surface area contributed by atoms with Crippen LogP contribution in [0.4, 0.5) is 0 Å². The Morgan fingerprint density at radius 1 is 1.03 bits per heavy atom. The minimum absolute atomic E-state index is 0.00996. The largest absolute Gasteiger partial charge is 0.466 e. The lowest BCUT2D eigenvalue weighted by atomic mass is 9.97. The Morgan fingerprint density at radius 3 is 2.15 bits per heavy atom. The van der Waals surface area contributed by atoms with Crippen LogP contribution in [0.1, 0.15) is 45.6 Å². The van der Waals surface area contributed by atoms with Crippen LogP contribution in [0, 0.1) is 5.92 Å². The molecule has 0 aliphatic carbocycles. The van der Waals surface area contributed by atoms with Crippen molar-refractivity contribution in [3.05, 3.63) is 29.8 Å². The Hall–Kier alpha value is -2.46. The van der Waals surface area contributed by atoms with Crippen LogP contribution in [-0.2, 0) is 35.6 Å². The first-order chi connectivity index (χ1) is 16.1. The van der Waals surface area contributed by atoms with E-state index in [1.165, 1.54) is 9.21 Å². The Bertz CT molecular complexity index is 936. The third-order valence-electron chi connectivity index (χ3n) is 6.16. The highest BCUT2D eigenvalue weighted by Crippen LogP contribution is 2.19. The number of benzene rings is 1. The molecule has 1 aliphatic heterocycles. The number of carbonyl (C=O) groups is 3. The number of likely N-dealkylation sites (tertiary alicyclic amines) is 1. The number of aryl methyl sites for hydroxylation is 1. The average Bonchev–Trinajstić information content (AvgIpc) is 2.83. The first-order valence-corrected chi connectivity index (χ1v) is 13.3. The predicted molar refractivity (Wildman–Crippen MR) is 128 cm³/mol. The van der Waals surface area contributed by atoms with Gasteiger partial charge in [0, 0.05) is 39.6 Å².